The second-order valence-electron chi connectivity index (χ2n) is 3.26. The summed E-state index contributed by atoms with van der Waals surface area (Å²) in [6.07, 6.45) is 0. The summed E-state index contributed by atoms with van der Waals surface area (Å²) in [5.74, 6) is 0. The molecule has 1 rings (SSSR count). The highest BCUT2D eigenvalue weighted by Crippen LogP contribution is 2.19. The van der Waals surface area contributed by atoms with E-state index in [0.29, 0.717) is 0 Å². The van der Waals surface area contributed by atoms with E-state index < -0.39 is 0 Å². The molecular formula is C12H15N. The molecule has 0 unspecified atom stereocenters. The Morgan fingerprint density at radius 1 is 1.15 bits per heavy atom. The van der Waals surface area contributed by atoms with Crippen molar-refractivity contribution in [2.24, 2.45) is 5.73 Å². The summed E-state index contributed by atoms with van der Waals surface area (Å²) in [6, 6.07) is 9.98. The van der Waals surface area contributed by atoms with Gasteiger partial charge in [0.25, 0.3) is 0 Å². The third kappa shape index (κ3) is 2.22. The summed E-state index contributed by atoms with van der Waals surface area (Å²) < 4.78 is 0. The van der Waals surface area contributed by atoms with Crippen LogP contribution >= 0.6 is 0 Å². The van der Waals surface area contributed by atoms with Crippen LogP contribution in [-0.2, 0) is 0 Å². The molecule has 0 amide bonds. The van der Waals surface area contributed by atoms with E-state index in [4.69, 9.17) is 5.73 Å². The van der Waals surface area contributed by atoms with Crippen LogP contribution in [0.3, 0.4) is 0 Å². The van der Waals surface area contributed by atoms with Gasteiger partial charge < -0.3 is 5.73 Å². The molecule has 2 N–H and O–H groups in total. The van der Waals surface area contributed by atoms with Crippen LogP contribution in [0.2, 0.25) is 0 Å². The van der Waals surface area contributed by atoms with Crippen molar-refractivity contribution in [3.05, 3.63) is 53.7 Å². The third-order valence-corrected chi connectivity index (χ3v) is 1.99. The van der Waals surface area contributed by atoms with Crippen LogP contribution < -0.4 is 5.73 Å². The molecule has 1 aromatic rings. The van der Waals surface area contributed by atoms with Crippen LogP contribution in [0.4, 0.5) is 0 Å². The van der Waals surface area contributed by atoms with E-state index in [9.17, 15) is 0 Å². The number of allylic oxidation sites excluding steroid dienone is 2. The smallest absolute Gasteiger partial charge is 0.0373 e. The lowest BCUT2D eigenvalue weighted by Crippen LogP contribution is -2.01. The summed E-state index contributed by atoms with van der Waals surface area (Å²) in [7, 11) is 0. The van der Waals surface area contributed by atoms with Crippen LogP contribution in [0.15, 0.2) is 48.2 Å². The predicted octanol–water partition coefficient (Wildman–Crippen LogP) is 2.95. The van der Waals surface area contributed by atoms with E-state index >= 15 is 0 Å². The number of nitrogens with two attached hydrogens (primary N) is 1. The van der Waals surface area contributed by atoms with Gasteiger partial charge in [0.05, 0.1) is 0 Å². The zero-order valence-electron chi connectivity index (χ0n) is 8.17. The standard InChI is InChI=1S/C12H15N/c1-9(2)12(13)10(3)11-7-5-4-6-8-11/h4-8H,3,13H2,1-2H3. The number of hydrogen-bond donors (Lipinski definition) is 1. The van der Waals surface area contributed by atoms with Crippen molar-refractivity contribution >= 4 is 5.57 Å². The van der Waals surface area contributed by atoms with Gasteiger partial charge in [-0.1, -0.05) is 42.5 Å². The van der Waals surface area contributed by atoms with E-state index in [0.717, 1.165) is 22.4 Å². The van der Waals surface area contributed by atoms with E-state index in [1.54, 1.807) is 0 Å². The van der Waals surface area contributed by atoms with Crippen molar-refractivity contribution in [3.63, 3.8) is 0 Å². The zero-order chi connectivity index (χ0) is 9.84. The highest BCUT2D eigenvalue weighted by atomic mass is 14.6. The van der Waals surface area contributed by atoms with Gasteiger partial charge in [-0.25, -0.2) is 0 Å². The maximum absolute atomic E-state index is 5.87. The first-order valence-electron chi connectivity index (χ1n) is 4.30. The summed E-state index contributed by atoms with van der Waals surface area (Å²) in [5, 5.41) is 0. The van der Waals surface area contributed by atoms with Crippen LogP contribution in [-0.4, -0.2) is 0 Å². The summed E-state index contributed by atoms with van der Waals surface area (Å²) in [6.45, 7) is 7.94. The van der Waals surface area contributed by atoms with Gasteiger partial charge in [-0.15, -0.1) is 0 Å². The normalized spacial score (nSPS) is 9.38. The van der Waals surface area contributed by atoms with Crippen molar-refractivity contribution in [1.82, 2.24) is 0 Å². The molecule has 0 radical (unpaired) electrons. The molecule has 0 fully saturated rings. The largest absolute Gasteiger partial charge is 0.398 e. The molecule has 0 bridgehead atoms. The Bertz CT molecular complexity index is 329. The van der Waals surface area contributed by atoms with E-state index in [1.165, 1.54) is 0 Å². The molecular weight excluding hydrogens is 158 g/mol. The lowest BCUT2D eigenvalue weighted by molar-refractivity contribution is 1.26. The highest BCUT2D eigenvalue weighted by molar-refractivity contribution is 5.76. The van der Waals surface area contributed by atoms with Crippen LogP contribution in [0.25, 0.3) is 5.57 Å². The van der Waals surface area contributed by atoms with E-state index in [2.05, 4.69) is 6.58 Å². The molecule has 0 aromatic heterocycles. The number of rotatable bonds is 2. The van der Waals surface area contributed by atoms with Crippen molar-refractivity contribution in [3.8, 4) is 0 Å². The second-order valence-corrected chi connectivity index (χ2v) is 3.26. The second kappa shape index (κ2) is 3.94. The Kier molecular flexibility index (Phi) is 2.91. The Labute approximate surface area is 79.6 Å². The molecule has 0 aliphatic rings. The van der Waals surface area contributed by atoms with Gasteiger partial charge >= 0.3 is 0 Å². The Hall–Kier alpha value is -1.50. The maximum atomic E-state index is 5.87. The zero-order valence-corrected chi connectivity index (χ0v) is 8.17. The SMILES string of the molecule is C=C(C(N)=C(C)C)c1ccccc1. The molecule has 0 saturated carbocycles. The Morgan fingerprint density at radius 2 is 1.69 bits per heavy atom. The average Bonchev–Trinajstić information content (AvgIpc) is 2.17. The van der Waals surface area contributed by atoms with Gasteiger partial charge in [0.15, 0.2) is 0 Å². The van der Waals surface area contributed by atoms with Crippen molar-refractivity contribution in [2.75, 3.05) is 0 Å². The lowest BCUT2D eigenvalue weighted by atomic mass is 10.0. The fourth-order valence-electron chi connectivity index (χ4n) is 1.10. The molecule has 1 heteroatoms. The third-order valence-electron chi connectivity index (χ3n) is 1.99. The first-order chi connectivity index (χ1) is 6.13. The van der Waals surface area contributed by atoms with Gasteiger partial charge in [0, 0.05) is 5.70 Å². The molecule has 0 saturated heterocycles. The Balaban J connectivity index is 3.00. The molecule has 0 atom stereocenters. The molecule has 1 nitrogen and oxygen atoms in total. The first kappa shape index (κ1) is 9.59. The number of benzene rings is 1. The molecule has 1 aromatic carbocycles. The fraction of sp³-hybridized carbons (Fsp3) is 0.167. The highest BCUT2D eigenvalue weighted by Gasteiger charge is 2.01. The number of hydrogen-bond acceptors (Lipinski definition) is 1. The molecule has 68 valence electrons. The first-order valence-corrected chi connectivity index (χ1v) is 4.30. The van der Waals surface area contributed by atoms with Crippen molar-refractivity contribution in [1.29, 1.82) is 0 Å². The van der Waals surface area contributed by atoms with Gasteiger partial charge in [-0.05, 0) is 25.0 Å². The van der Waals surface area contributed by atoms with E-state index in [1.807, 2.05) is 44.2 Å². The molecule has 13 heavy (non-hydrogen) atoms. The fourth-order valence-corrected chi connectivity index (χ4v) is 1.10. The molecule has 0 spiro atoms. The summed E-state index contributed by atoms with van der Waals surface area (Å²) >= 11 is 0. The topological polar surface area (TPSA) is 26.0 Å². The van der Waals surface area contributed by atoms with Crippen molar-refractivity contribution < 1.29 is 0 Å². The minimum Gasteiger partial charge on any atom is -0.398 e. The van der Waals surface area contributed by atoms with Gasteiger partial charge in [0.2, 0.25) is 0 Å². The van der Waals surface area contributed by atoms with Crippen LogP contribution in [0, 0.1) is 0 Å². The minimum atomic E-state index is 0.784. The molecule has 0 aliphatic carbocycles. The average molecular weight is 173 g/mol. The van der Waals surface area contributed by atoms with Crippen LogP contribution in [0.1, 0.15) is 19.4 Å². The van der Waals surface area contributed by atoms with E-state index in [-0.39, 0.29) is 0 Å². The molecule has 0 aliphatic heterocycles. The monoisotopic (exact) mass is 173 g/mol. The van der Waals surface area contributed by atoms with Gasteiger partial charge in [-0.3, -0.25) is 0 Å². The summed E-state index contributed by atoms with van der Waals surface area (Å²) in [5.41, 5.74) is 9.75. The van der Waals surface area contributed by atoms with Crippen LogP contribution in [0.5, 0.6) is 0 Å². The summed E-state index contributed by atoms with van der Waals surface area (Å²) in [4.78, 5) is 0. The van der Waals surface area contributed by atoms with Crippen molar-refractivity contribution in [2.45, 2.75) is 13.8 Å². The lowest BCUT2D eigenvalue weighted by Gasteiger charge is -2.07. The van der Waals surface area contributed by atoms with Gasteiger partial charge in [0.1, 0.15) is 0 Å². The quantitative estimate of drug-likeness (QED) is 0.684. The molecule has 0 heterocycles. The minimum absolute atomic E-state index is 0.784. The predicted molar refractivity (Wildman–Crippen MR) is 58.0 cm³/mol. The Morgan fingerprint density at radius 3 is 2.15 bits per heavy atom. The van der Waals surface area contributed by atoms with Gasteiger partial charge in [-0.2, -0.15) is 0 Å². The maximum Gasteiger partial charge on any atom is 0.0373 e.